The number of piperidine rings is 1. The third-order valence-electron chi connectivity index (χ3n) is 3.41. The minimum absolute atomic E-state index is 0.154. The van der Waals surface area contributed by atoms with Gasteiger partial charge in [0.15, 0.2) is 0 Å². The van der Waals surface area contributed by atoms with E-state index in [1.54, 1.807) is 12.1 Å². The molecule has 0 saturated carbocycles. The maximum absolute atomic E-state index is 13.3. The van der Waals surface area contributed by atoms with Gasteiger partial charge in [0.1, 0.15) is 5.82 Å². The van der Waals surface area contributed by atoms with E-state index < -0.39 is 0 Å². The molecule has 2 rings (SSSR count). The lowest BCUT2D eigenvalue weighted by atomic mass is 9.98. The fraction of sp³-hybridized carbons (Fsp3) is 0.571. The highest BCUT2D eigenvalue weighted by atomic mass is 79.9. The van der Waals surface area contributed by atoms with Crippen LogP contribution in [-0.2, 0) is 6.42 Å². The SMILES string of the molecule is Fc1cc(CCCC2CCCCN2)ccc1Br. The van der Waals surface area contributed by atoms with E-state index in [0.717, 1.165) is 24.9 Å². The van der Waals surface area contributed by atoms with Gasteiger partial charge in [0.05, 0.1) is 4.47 Å². The van der Waals surface area contributed by atoms with Gasteiger partial charge in [-0.3, -0.25) is 0 Å². The summed E-state index contributed by atoms with van der Waals surface area (Å²) in [6.45, 7) is 1.16. The molecule has 1 heterocycles. The predicted octanol–water partition coefficient (Wildman–Crippen LogP) is 4.05. The third-order valence-corrected chi connectivity index (χ3v) is 4.06. The van der Waals surface area contributed by atoms with E-state index in [4.69, 9.17) is 0 Å². The monoisotopic (exact) mass is 299 g/mol. The zero-order valence-electron chi connectivity index (χ0n) is 10.0. The summed E-state index contributed by atoms with van der Waals surface area (Å²) in [7, 11) is 0. The molecular weight excluding hydrogens is 281 g/mol. The average molecular weight is 300 g/mol. The molecule has 0 spiro atoms. The van der Waals surface area contributed by atoms with Crippen molar-refractivity contribution in [1.29, 1.82) is 0 Å². The molecule has 3 heteroatoms. The van der Waals surface area contributed by atoms with E-state index in [0.29, 0.717) is 10.5 Å². The van der Waals surface area contributed by atoms with Crippen molar-refractivity contribution in [2.24, 2.45) is 0 Å². The lowest BCUT2D eigenvalue weighted by Gasteiger charge is -2.23. The van der Waals surface area contributed by atoms with Crippen molar-refractivity contribution in [2.75, 3.05) is 6.54 Å². The molecule has 1 saturated heterocycles. The van der Waals surface area contributed by atoms with E-state index in [2.05, 4.69) is 21.2 Å². The molecular formula is C14H19BrFN. The number of halogens is 2. The molecule has 1 aromatic carbocycles. The second kappa shape index (κ2) is 6.50. The van der Waals surface area contributed by atoms with Gasteiger partial charge in [-0.25, -0.2) is 4.39 Å². The van der Waals surface area contributed by atoms with Crippen LogP contribution in [0, 0.1) is 5.82 Å². The standard InChI is InChI=1S/C14H19BrFN/c15-13-8-7-11(10-14(13)16)4-3-6-12-5-1-2-9-17-12/h7-8,10,12,17H,1-6,9H2. The zero-order chi connectivity index (χ0) is 12.1. The Morgan fingerprint density at radius 2 is 2.24 bits per heavy atom. The van der Waals surface area contributed by atoms with Gasteiger partial charge in [-0.2, -0.15) is 0 Å². The highest BCUT2D eigenvalue weighted by molar-refractivity contribution is 9.10. The second-order valence-corrected chi connectivity index (χ2v) is 5.64. The zero-order valence-corrected chi connectivity index (χ0v) is 11.6. The summed E-state index contributed by atoms with van der Waals surface area (Å²) >= 11 is 3.18. The molecule has 0 amide bonds. The number of benzene rings is 1. The van der Waals surface area contributed by atoms with Gasteiger partial charge < -0.3 is 5.32 Å². The molecule has 0 aliphatic carbocycles. The van der Waals surface area contributed by atoms with Gasteiger partial charge in [0.2, 0.25) is 0 Å². The first-order valence-electron chi connectivity index (χ1n) is 6.43. The number of nitrogens with one attached hydrogen (secondary N) is 1. The van der Waals surface area contributed by atoms with E-state index in [9.17, 15) is 4.39 Å². The van der Waals surface area contributed by atoms with E-state index in [1.165, 1.54) is 25.7 Å². The second-order valence-electron chi connectivity index (χ2n) is 4.79. The quantitative estimate of drug-likeness (QED) is 0.884. The van der Waals surface area contributed by atoms with Crippen LogP contribution in [0.4, 0.5) is 4.39 Å². The van der Waals surface area contributed by atoms with Gasteiger partial charge >= 0.3 is 0 Å². The Labute approximate surface area is 111 Å². The van der Waals surface area contributed by atoms with E-state index >= 15 is 0 Å². The van der Waals surface area contributed by atoms with Crippen LogP contribution in [0.15, 0.2) is 22.7 Å². The summed E-state index contributed by atoms with van der Waals surface area (Å²) in [5.41, 5.74) is 1.10. The summed E-state index contributed by atoms with van der Waals surface area (Å²) in [5.74, 6) is -0.154. The summed E-state index contributed by atoms with van der Waals surface area (Å²) in [6.07, 6.45) is 7.28. The van der Waals surface area contributed by atoms with Crippen molar-refractivity contribution >= 4 is 15.9 Å². The summed E-state index contributed by atoms with van der Waals surface area (Å²) in [6, 6.07) is 6.12. The first kappa shape index (κ1) is 13.0. The molecule has 0 bridgehead atoms. The first-order chi connectivity index (χ1) is 8.25. The Morgan fingerprint density at radius 1 is 1.35 bits per heavy atom. The van der Waals surface area contributed by atoms with Crippen molar-refractivity contribution in [3.8, 4) is 0 Å². The maximum Gasteiger partial charge on any atom is 0.137 e. The Balaban J connectivity index is 1.75. The van der Waals surface area contributed by atoms with Gasteiger partial charge in [-0.1, -0.05) is 12.5 Å². The normalized spacial score (nSPS) is 20.5. The van der Waals surface area contributed by atoms with Gasteiger partial charge in [-0.15, -0.1) is 0 Å². The van der Waals surface area contributed by atoms with Crippen LogP contribution in [0.3, 0.4) is 0 Å². The number of aryl methyl sites for hydroxylation is 1. The van der Waals surface area contributed by atoms with Crippen molar-refractivity contribution < 1.29 is 4.39 Å². The molecule has 1 fully saturated rings. The molecule has 0 aromatic heterocycles. The van der Waals surface area contributed by atoms with Crippen molar-refractivity contribution in [3.05, 3.63) is 34.1 Å². The largest absolute Gasteiger partial charge is 0.314 e. The van der Waals surface area contributed by atoms with Crippen LogP contribution in [0.1, 0.15) is 37.7 Å². The first-order valence-corrected chi connectivity index (χ1v) is 7.22. The van der Waals surface area contributed by atoms with Crippen LogP contribution < -0.4 is 5.32 Å². The molecule has 1 unspecified atom stereocenters. The van der Waals surface area contributed by atoms with Gasteiger partial charge in [-0.05, 0) is 72.3 Å². The Hall–Kier alpha value is -0.410. The summed E-state index contributed by atoms with van der Waals surface area (Å²) in [4.78, 5) is 0. The molecule has 1 nitrogen and oxygen atoms in total. The predicted molar refractivity (Wildman–Crippen MR) is 72.7 cm³/mol. The van der Waals surface area contributed by atoms with Crippen LogP contribution >= 0.6 is 15.9 Å². The minimum Gasteiger partial charge on any atom is -0.314 e. The fourth-order valence-electron chi connectivity index (χ4n) is 2.42. The molecule has 1 atom stereocenters. The fourth-order valence-corrected chi connectivity index (χ4v) is 2.66. The molecule has 1 aromatic rings. The average Bonchev–Trinajstić information content (AvgIpc) is 2.35. The smallest absolute Gasteiger partial charge is 0.137 e. The van der Waals surface area contributed by atoms with Crippen LogP contribution in [-0.4, -0.2) is 12.6 Å². The summed E-state index contributed by atoms with van der Waals surface area (Å²) in [5, 5.41) is 3.54. The molecule has 94 valence electrons. The van der Waals surface area contributed by atoms with Crippen molar-refractivity contribution in [2.45, 2.75) is 44.6 Å². The van der Waals surface area contributed by atoms with Gasteiger partial charge in [0, 0.05) is 6.04 Å². The lowest BCUT2D eigenvalue weighted by Crippen LogP contribution is -2.33. The van der Waals surface area contributed by atoms with E-state index in [1.807, 2.05) is 6.07 Å². The Morgan fingerprint density at radius 3 is 2.94 bits per heavy atom. The Bertz CT molecular complexity index is 361. The molecule has 0 radical (unpaired) electrons. The highest BCUT2D eigenvalue weighted by Gasteiger charge is 2.11. The Kier molecular flexibility index (Phi) is 4.99. The third kappa shape index (κ3) is 4.07. The molecule has 17 heavy (non-hydrogen) atoms. The number of hydrogen-bond donors (Lipinski definition) is 1. The van der Waals surface area contributed by atoms with E-state index in [-0.39, 0.29) is 5.82 Å². The number of hydrogen-bond acceptors (Lipinski definition) is 1. The van der Waals surface area contributed by atoms with Crippen LogP contribution in [0.25, 0.3) is 0 Å². The van der Waals surface area contributed by atoms with Crippen molar-refractivity contribution in [1.82, 2.24) is 5.32 Å². The number of rotatable bonds is 4. The highest BCUT2D eigenvalue weighted by Crippen LogP contribution is 2.18. The lowest BCUT2D eigenvalue weighted by molar-refractivity contribution is 0.376. The van der Waals surface area contributed by atoms with Crippen LogP contribution in [0.5, 0.6) is 0 Å². The van der Waals surface area contributed by atoms with Gasteiger partial charge in [0.25, 0.3) is 0 Å². The molecule has 1 N–H and O–H groups in total. The van der Waals surface area contributed by atoms with Crippen molar-refractivity contribution in [3.63, 3.8) is 0 Å². The summed E-state index contributed by atoms with van der Waals surface area (Å²) < 4.78 is 13.9. The van der Waals surface area contributed by atoms with Crippen LogP contribution in [0.2, 0.25) is 0 Å². The topological polar surface area (TPSA) is 12.0 Å². The maximum atomic E-state index is 13.3. The molecule has 1 aliphatic heterocycles. The minimum atomic E-state index is -0.154. The molecule has 1 aliphatic rings.